The largest absolute Gasteiger partial charge is 0.437 e. The lowest BCUT2D eigenvalue weighted by molar-refractivity contribution is -0.105. The number of rotatable bonds is 2. The quantitative estimate of drug-likeness (QED) is 0.681. The van der Waals surface area contributed by atoms with Gasteiger partial charge in [0.1, 0.15) is 5.76 Å². The molecule has 0 aliphatic rings. The first-order chi connectivity index (χ1) is 5.47. The molecule has 0 amide bonds. The molecule has 0 aliphatic heterocycles. The summed E-state index contributed by atoms with van der Waals surface area (Å²) in [5.41, 5.74) is 0. The topological polar surface area (TPSA) is 26.0 Å². The first-order valence-corrected chi connectivity index (χ1v) is 4.08. The molecule has 0 unspecified atom stereocenters. The Morgan fingerprint density at radius 3 is 2.67 bits per heavy atom. The monoisotopic (exact) mass is 197 g/mol. The third-order valence-corrected chi connectivity index (χ3v) is 1.87. The van der Waals surface area contributed by atoms with E-state index in [4.69, 9.17) is 4.42 Å². The molecule has 0 saturated carbocycles. The third kappa shape index (κ3) is 3.17. The second-order valence-corrected chi connectivity index (χ2v) is 3.07. The Balaban J connectivity index is 2.44. The summed E-state index contributed by atoms with van der Waals surface area (Å²) in [7, 11) is 0. The van der Waals surface area contributed by atoms with Crippen molar-refractivity contribution in [2.24, 2.45) is 0 Å². The van der Waals surface area contributed by atoms with Gasteiger partial charge in [0.15, 0.2) is 0 Å². The van der Waals surface area contributed by atoms with Crippen molar-refractivity contribution in [3.05, 3.63) is 12.0 Å². The maximum Gasteiger partial charge on any atom is 0.398 e. The second kappa shape index (κ2) is 3.38. The molecule has 1 heterocycles. The summed E-state index contributed by atoms with van der Waals surface area (Å²) in [4.78, 5) is 3.62. The number of halogens is 3. The molecule has 1 rings (SSSR count). The summed E-state index contributed by atoms with van der Waals surface area (Å²) in [6, 6.07) is 0. The summed E-state index contributed by atoms with van der Waals surface area (Å²) in [5.74, 6) is -0.452. The van der Waals surface area contributed by atoms with Crippen molar-refractivity contribution in [1.82, 2.24) is 4.98 Å². The Kier molecular flexibility index (Phi) is 2.66. The predicted molar refractivity (Wildman–Crippen MR) is 38.0 cm³/mol. The van der Waals surface area contributed by atoms with E-state index in [0.717, 1.165) is 0 Å². The lowest BCUT2D eigenvalue weighted by Crippen LogP contribution is -2.10. The van der Waals surface area contributed by atoms with Crippen LogP contribution >= 0.6 is 11.8 Å². The van der Waals surface area contributed by atoms with Crippen molar-refractivity contribution >= 4 is 11.8 Å². The Morgan fingerprint density at radius 1 is 1.58 bits per heavy atom. The zero-order valence-corrected chi connectivity index (χ0v) is 7.00. The minimum absolute atomic E-state index is 0.0600. The summed E-state index contributed by atoms with van der Waals surface area (Å²) >= 11 is 0.545. The maximum atomic E-state index is 11.7. The Bertz CT molecular complexity index is 258. The van der Waals surface area contributed by atoms with Gasteiger partial charge in [-0.2, -0.15) is 13.2 Å². The molecule has 0 fully saturated rings. The van der Waals surface area contributed by atoms with Gasteiger partial charge in [-0.1, -0.05) is 11.8 Å². The van der Waals surface area contributed by atoms with Crippen LogP contribution < -0.4 is 0 Å². The normalized spacial score (nSPS) is 12.0. The van der Waals surface area contributed by atoms with Crippen molar-refractivity contribution in [3.8, 4) is 0 Å². The molecule has 0 aromatic carbocycles. The summed E-state index contributed by atoms with van der Waals surface area (Å²) in [6.07, 6.45) is -2.79. The lowest BCUT2D eigenvalue weighted by Gasteiger charge is -2.01. The minimum atomic E-state index is -4.17. The van der Waals surface area contributed by atoms with Crippen LogP contribution in [0.25, 0.3) is 0 Å². The smallest absolute Gasteiger partial charge is 0.398 e. The van der Waals surface area contributed by atoms with Crippen molar-refractivity contribution in [2.45, 2.75) is 18.3 Å². The van der Waals surface area contributed by atoms with Crippen LogP contribution in [0.15, 0.2) is 15.8 Å². The van der Waals surface area contributed by atoms with E-state index in [1.807, 2.05) is 0 Å². The fourth-order valence-electron chi connectivity index (χ4n) is 0.544. The fourth-order valence-corrected chi connectivity index (χ4v) is 1.15. The number of alkyl halides is 3. The first-order valence-electron chi connectivity index (χ1n) is 3.09. The van der Waals surface area contributed by atoms with Gasteiger partial charge < -0.3 is 4.42 Å². The molecule has 0 N–H and O–H groups in total. The van der Waals surface area contributed by atoms with Gasteiger partial charge in [0, 0.05) is 0 Å². The Morgan fingerprint density at radius 2 is 2.25 bits per heavy atom. The Labute approximate surface area is 71.2 Å². The van der Waals surface area contributed by atoms with Crippen LogP contribution in [0.4, 0.5) is 13.2 Å². The Hall–Kier alpha value is -0.650. The molecule has 0 saturated heterocycles. The van der Waals surface area contributed by atoms with E-state index >= 15 is 0 Å². The highest BCUT2D eigenvalue weighted by molar-refractivity contribution is 7.99. The van der Waals surface area contributed by atoms with Crippen molar-refractivity contribution in [2.75, 3.05) is 5.75 Å². The standard InChI is InChI=1S/C6H6F3NOS/c1-4-2-10-5(11-4)12-3-6(7,8)9/h2H,3H2,1H3. The van der Waals surface area contributed by atoms with E-state index < -0.39 is 11.9 Å². The molecular formula is C6H6F3NOS. The van der Waals surface area contributed by atoms with Crippen molar-refractivity contribution in [1.29, 1.82) is 0 Å². The highest BCUT2D eigenvalue weighted by atomic mass is 32.2. The molecule has 0 aliphatic carbocycles. The van der Waals surface area contributed by atoms with Crippen LogP contribution in [0, 0.1) is 6.92 Å². The van der Waals surface area contributed by atoms with Gasteiger partial charge in [-0.05, 0) is 6.92 Å². The van der Waals surface area contributed by atoms with Crippen LogP contribution in [0.1, 0.15) is 5.76 Å². The summed E-state index contributed by atoms with van der Waals surface area (Å²) in [6.45, 7) is 1.63. The molecule has 0 spiro atoms. The first kappa shape index (κ1) is 9.44. The highest BCUT2D eigenvalue weighted by Crippen LogP contribution is 2.26. The van der Waals surface area contributed by atoms with Crippen molar-refractivity contribution < 1.29 is 17.6 Å². The van der Waals surface area contributed by atoms with Crippen LogP contribution in [-0.4, -0.2) is 16.9 Å². The zero-order valence-electron chi connectivity index (χ0n) is 6.18. The van der Waals surface area contributed by atoms with E-state index in [9.17, 15) is 13.2 Å². The number of hydrogen-bond acceptors (Lipinski definition) is 3. The number of aryl methyl sites for hydroxylation is 1. The number of oxazole rings is 1. The predicted octanol–water partition coefficient (Wildman–Crippen LogP) is 2.64. The molecular weight excluding hydrogens is 191 g/mol. The van der Waals surface area contributed by atoms with Gasteiger partial charge in [0.05, 0.1) is 11.9 Å². The lowest BCUT2D eigenvalue weighted by atomic mass is 10.6. The number of thioether (sulfide) groups is 1. The van der Waals surface area contributed by atoms with E-state index in [1.54, 1.807) is 6.92 Å². The van der Waals surface area contributed by atoms with Crippen LogP contribution in [-0.2, 0) is 0 Å². The molecule has 0 atom stereocenters. The summed E-state index contributed by atoms with van der Waals surface area (Å²) < 4.78 is 39.8. The van der Waals surface area contributed by atoms with Crippen LogP contribution in [0.3, 0.4) is 0 Å². The van der Waals surface area contributed by atoms with Gasteiger partial charge in [-0.25, -0.2) is 4.98 Å². The number of nitrogens with zero attached hydrogens (tertiary/aromatic N) is 1. The molecule has 12 heavy (non-hydrogen) atoms. The second-order valence-electron chi connectivity index (χ2n) is 2.14. The average Bonchev–Trinajstić information content (AvgIpc) is 2.30. The fraction of sp³-hybridized carbons (Fsp3) is 0.500. The number of aromatic nitrogens is 1. The van der Waals surface area contributed by atoms with E-state index in [0.29, 0.717) is 17.5 Å². The van der Waals surface area contributed by atoms with Crippen LogP contribution in [0.2, 0.25) is 0 Å². The van der Waals surface area contributed by atoms with Gasteiger partial charge in [0.2, 0.25) is 0 Å². The average molecular weight is 197 g/mol. The van der Waals surface area contributed by atoms with Gasteiger partial charge in [0.25, 0.3) is 5.22 Å². The van der Waals surface area contributed by atoms with E-state index in [2.05, 4.69) is 4.98 Å². The highest BCUT2D eigenvalue weighted by Gasteiger charge is 2.28. The molecule has 2 nitrogen and oxygen atoms in total. The SMILES string of the molecule is Cc1cnc(SCC(F)(F)F)o1. The number of hydrogen-bond donors (Lipinski definition) is 0. The van der Waals surface area contributed by atoms with E-state index in [1.165, 1.54) is 6.20 Å². The van der Waals surface area contributed by atoms with E-state index in [-0.39, 0.29) is 5.22 Å². The van der Waals surface area contributed by atoms with Gasteiger partial charge in [-0.3, -0.25) is 0 Å². The maximum absolute atomic E-state index is 11.7. The molecule has 6 heteroatoms. The van der Waals surface area contributed by atoms with Gasteiger partial charge in [-0.15, -0.1) is 0 Å². The molecule has 68 valence electrons. The third-order valence-electron chi connectivity index (χ3n) is 0.959. The molecule has 1 aromatic rings. The molecule has 0 radical (unpaired) electrons. The van der Waals surface area contributed by atoms with Crippen LogP contribution in [0.5, 0.6) is 0 Å². The summed E-state index contributed by atoms with van der Waals surface area (Å²) in [5, 5.41) is 0.0600. The van der Waals surface area contributed by atoms with Gasteiger partial charge >= 0.3 is 6.18 Å². The zero-order chi connectivity index (χ0) is 9.19. The molecule has 0 bridgehead atoms. The van der Waals surface area contributed by atoms with Crippen molar-refractivity contribution in [3.63, 3.8) is 0 Å². The molecule has 1 aromatic heterocycles. The minimum Gasteiger partial charge on any atom is -0.437 e.